The average molecular weight is 344 g/mol. The largest absolute Gasteiger partial charge is 0.469 e. The van der Waals surface area contributed by atoms with Crippen LogP contribution in [0.5, 0.6) is 0 Å². The highest BCUT2D eigenvalue weighted by Crippen LogP contribution is 2.09. The molecule has 0 heterocycles. The molecule has 0 spiro atoms. The van der Waals surface area contributed by atoms with Crippen molar-refractivity contribution < 1.29 is 14.3 Å². The van der Waals surface area contributed by atoms with Gasteiger partial charge >= 0.3 is 5.97 Å². The lowest BCUT2D eigenvalue weighted by molar-refractivity contribution is -0.140. The number of ether oxygens (including phenoxy) is 2. The Labute approximate surface area is 147 Å². The molecule has 0 saturated heterocycles. The van der Waals surface area contributed by atoms with E-state index in [0.29, 0.717) is 12.3 Å². The second-order valence-electron chi connectivity index (χ2n) is 6.10. The summed E-state index contributed by atoms with van der Waals surface area (Å²) in [4.78, 5) is 15.6. The van der Waals surface area contributed by atoms with Crippen LogP contribution in [0.25, 0.3) is 0 Å². The van der Waals surface area contributed by atoms with Crippen molar-refractivity contribution >= 4 is 11.9 Å². The van der Waals surface area contributed by atoms with Gasteiger partial charge in [0.1, 0.15) is 0 Å². The monoisotopic (exact) mass is 343 g/mol. The van der Waals surface area contributed by atoms with Crippen molar-refractivity contribution in [2.75, 3.05) is 33.4 Å². The molecule has 0 aromatic heterocycles. The minimum Gasteiger partial charge on any atom is -0.469 e. The summed E-state index contributed by atoms with van der Waals surface area (Å²) in [5.74, 6) is 1.23. The van der Waals surface area contributed by atoms with E-state index >= 15 is 0 Å². The molecule has 0 amide bonds. The molecule has 0 saturated carbocycles. The van der Waals surface area contributed by atoms with Crippen LogP contribution in [-0.2, 0) is 14.3 Å². The second-order valence-corrected chi connectivity index (χ2v) is 6.10. The van der Waals surface area contributed by atoms with Crippen molar-refractivity contribution in [3.8, 4) is 0 Å². The Morgan fingerprint density at radius 2 is 1.88 bits per heavy atom. The Morgan fingerprint density at radius 1 is 1.12 bits per heavy atom. The number of aliphatic imine (C=N–C) groups is 1. The third-order valence-corrected chi connectivity index (χ3v) is 3.73. The van der Waals surface area contributed by atoms with Gasteiger partial charge in [-0.25, -0.2) is 0 Å². The second kappa shape index (κ2) is 15.2. The molecule has 0 fully saturated rings. The molecule has 24 heavy (non-hydrogen) atoms. The average Bonchev–Trinajstić information content (AvgIpc) is 2.56. The van der Waals surface area contributed by atoms with Gasteiger partial charge in [-0.3, -0.25) is 9.79 Å². The number of nitrogens with one attached hydrogen (secondary N) is 2. The fourth-order valence-electron chi connectivity index (χ4n) is 2.35. The Morgan fingerprint density at radius 3 is 2.46 bits per heavy atom. The summed E-state index contributed by atoms with van der Waals surface area (Å²) in [6, 6.07) is 0. The smallest absolute Gasteiger partial charge is 0.305 e. The zero-order valence-corrected chi connectivity index (χ0v) is 16.2. The number of hydrogen-bond donors (Lipinski definition) is 2. The molecule has 0 aromatic carbocycles. The lowest BCUT2D eigenvalue weighted by Gasteiger charge is -2.21. The van der Waals surface area contributed by atoms with Crippen LogP contribution in [0.3, 0.4) is 0 Å². The molecule has 6 heteroatoms. The van der Waals surface area contributed by atoms with E-state index in [1.165, 1.54) is 7.11 Å². The van der Waals surface area contributed by atoms with Crippen molar-refractivity contribution in [2.45, 2.75) is 65.9 Å². The number of carbonyl (C=O) groups is 1. The first-order valence-corrected chi connectivity index (χ1v) is 9.25. The van der Waals surface area contributed by atoms with Gasteiger partial charge in [-0.2, -0.15) is 0 Å². The zero-order chi connectivity index (χ0) is 18.2. The van der Waals surface area contributed by atoms with E-state index in [1.54, 1.807) is 0 Å². The predicted molar refractivity (Wildman–Crippen MR) is 99.3 cm³/mol. The highest BCUT2D eigenvalue weighted by Gasteiger charge is 2.12. The van der Waals surface area contributed by atoms with Gasteiger partial charge in [0, 0.05) is 32.7 Å². The summed E-state index contributed by atoms with van der Waals surface area (Å²) < 4.78 is 10.4. The molecule has 0 aliphatic heterocycles. The zero-order valence-electron chi connectivity index (χ0n) is 16.2. The van der Waals surface area contributed by atoms with E-state index in [1.807, 2.05) is 6.92 Å². The summed E-state index contributed by atoms with van der Waals surface area (Å²) in [7, 11) is 1.43. The van der Waals surface area contributed by atoms with Gasteiger partial charge in [-0.1, -0.05) is 20.3 Å². The summed E-state index contributed by atoms with van der Waals surface area (Å²) in [6.45, 7) is 11.7. The number of rotatable bonds is 13. The van der Waals surface area contributed by atoms with E-state index in [-0.39, 0.29) is 12.1 Å². The quantitative estimate of drug-likeness (QED) is 0.233. The standard InChI is InChI=1S/C18H37N3O3/c1-6-19-18(20-13-10-8-9-11-17(22)23-5)21-14-12-16(15(3)4)24-7-2/h15-16H,6-14H2,1-5H3,(H2,19,20,21). The van der Waals surface area contributed by atoms with Crippen LogP contribution in [0.15, 0.2) is 4.99 Å². The van der Waals surface area contributed by atoms with Crippen LogP contribution in [0.2, 0.25) is 0 Å². The molecule has 0 aliphatic rings. The molecule has 0 bridgehead atoms. The molecule has 2 N–H and O–H groups in total. The highest BCUT2D eigenvalue weighted by molar-refractivity contribution is 5.79. The Bertz CT molecular complexity index is 346. The van der Waals surface area contributed by atoms with E-state index in [2.05, 4.69) is 41.1 Å². The van der Waals surface area contributed by atoms with Crippen LogP contribution in [0.4, 0.5) is 0 Å². The first kappa shape index (κ1) is 22.7. The lowest BCUT2D eigenvalue weighted by Crippen LogP contribution is -2.39. The Hall–Kier alpha value is -1.30. The molecule has 1 unspecified atom stereocenters. The Balaban J connectivity index is 4.03. The van der Waals surface area contributed by atoms with Crippen LogP contribution < -0.4 is 10.6 Å². The van der Waals surface area contributed by atoms with Gasteiger partial charge in [0.25, 0.3) is 0 Å². The molecule has 6 nitrogen and oxygen atoms in total. The van der Waals surface area contributed by atoms with Gasteiger partial charge < -0.3 is 20.1 Å². The fraction of sp³-hybridized carbons (Fsp3) is 0.889. The molecule has 0 aliphatic carbocycles. The number of esters is 1. The van der Waals surface area contributed by atoms with Gasteiger partial charge in [0.05, 0.1) is 13.2 Å². The van der Waals surface area contributed by atoms with Crippen LogP contribution in [0.1, 0.15) is 59.8 Å². The first-order chi connectivity index (χ1) is 11.5. The van der Waals surface area contributed by atoms with Gasteiger partial charge in [-0.05, 0) is 39.0 Å². The molecule has 142 valence electrons. The summed E-state index contributed by atoms with van der Waals surface area (Å²) in [6.07, 6.45) is 4.56. The highest BCUT2D eigenvalue weighted by atomic mass is 16.5. The van der Waals surface area contributed by atoms with E-state index in [9.17, 15) is 4.79 Å². The molecule has 0 radical (unpaired) electrons. The number of guanidine groups is 1. The van der Waals surface area contributed by atoms with Crippen LogP contribution in [0, 0.1) is 5.92 Å². The van der Waals surface area contributed by atoms with Crippen molar-refractivity contribution in [2.24, 2.45) is 10.9 Å². The number of hydrogen-bond acceptors (Lipinski definition) is 4. The number of nitrogens with zero attached hydrogens (tertiary/aromatic N) is 1. The van der Waals surface area contributed by atoms with Gasteiger partial charge in [0.15, 0.2) is 5.96 Å². The predicted octanol–water partition coefficient (Wildman–Crippen LogP) is 2.73. The maximum atomic E-state index is 11.0. The fourth-order valence-corrected chi connectivity index (χ4v) is 2.35. The van der Waals surface area contributed by atoms with Crippen LogP contribution in [-0.4, -0.2) is 51.4 Å². The van der Waals surface area contributed by atoms with E-state index in [0.717, 1.165) is 57.9 Å². The normalized spacial score (nSPS) is 13.0. The number of carbonyl (C=O) groups excluding carboxylic acids is 1. The Kier molecular flexibility index (Phi) is 14.4. The van der Waals surface area contributed by atoms with Crippen molar-refractivity contribution in [3.05, 3.63) is 0 Å². The molecule has 1 atom stereocenters. The minimum absolute atomic E-state index is 0.137. The van der Waals surface area contributed by atoms with Crippen LogP contribution >= 0.6 is 0 Å². The topological polar surface area (TPSA) is 72.0 Å². The summed E-state index contributed by atoms with van der Waals surface area (Å²) in [5, 5.41) is 6.63. The molecule has 0 rings (SSSR count). The maximum absolute atomic E-state index is 11.0. The number of methoxy groups -OCH3 is 1. The van der Waals surface area contributed by atoms with Crippen molar-refractivity contribution in [1.82, 2.24) is 10.6 Å². The van der Waals surface area contributed by atoms with E-state index < -0.39 is 0 Å². The summed E-state index contributed by atoms with van der Waals surface area (Å²) in [5.41, 5.74) is 0. The lowest BCUT2D eigenvalue weighted by atomic mass is 10.0. The molecular weight excluding hydrogens is 306 g/mol. The van der Waals surface area contributed by atoms with Gasteiger partial charge in [0.2, 0.25) is 0 Å². The third kappa shape index (κ3) is 12.2. The van der Waals surface area contributed by atoms with E-state index in [4.69, 9.17) is 4.74 Å². The van der Waals surface area contributed by atoms with Crippen molar-refractivity contribution in [3.63, 3.8) is 0 Å². The minimum atomic E-state index is -0.137. The van der Waals surface area contributed by atoms with Crippen molar-refractivity contribution in [1.29, 1.82) is 0 Å². The third-order valence-electron chi connectivity index (χ3n) is 3.73. The molecular formula is C18H37N3O3. The summed E-state index contributed by atoms with van der Waals surface area (Å²) >= 11 is 0. The van der Waals surface area contributed by atoms with Gasteiger partial charge in [-0.15, -0.1) is 0 Å². The maximum Gasteiger partial charge on any atom is 0.305 e. The molecule has 0 aromatic rings. The number of unbranched alkanes of at least 4 members (excludes halogenated alkanes) is 2. The SMILES string of the molecule is CCNC(=NCCCCCC(=O)OC)NCCC(OCC)C(C)C. The first-order valence-electron chi connectivity index (χ1n) is 9.25.